The maximum atomic E-state index is 13.4. The molecule has 0 aliphatic carbocycles. The van der Waals surface area contributed by atoms with Gasteiger partial charge in [0.25, 0.3) is 5.91 Å². The van der Waals surface area contributed by atoms with Crippen LogP contribution in [0.3, 0.4) is 0 Å². The largest absolute Gasteiger partial charge is 0.369 e. The maximum Gasteiger partial charge on any atom is 0.274 e. The van der Waals surface area contributed by atoms with E-state index >= 15 is 0 Å². The van der Waals surface area contributed by atoms with Gasteiger partial charge in [0.05, 0.1) is 11.4 Å². The molecule has 3 aromatic heterocycles. The average molecular weight is 545 g/mol. The van der Waals surface area contributed by atoms with E-state index in [0.29, 0.717) is 17.3 Å². The van der Waals surface area contributed by atoms with Gasteiger partial charge < -0.3 is 10.6 Å². The highest BCUT2D eigenvalue weighted by Gasteiger charge is 2.17. The first-order valence-electron chi connectivity index (χ1n) is 11.9. The van der Waals surface area contributed by atoms with E-state index in [1.165, 1.54) is 17.4 Å². The van der Waals surface area contributed by atoms with Gasteiger partial charge in [0.1, 0.15) is 26.9 Å². The number of nitrogens with zero attached hydrogens (tertiary/aromatic N) is 4. The Labute approximate surface area is 224 Å². The van der Waals surface area contributed by atoms with E-state index < -0.39 is 15.7 Å². The number of amides is 1. The third kappa shape index (κ3) is 5.84. The van der Waals surface area contributed by atoms with Gasteiger partial charge >= 0.3 is 0 Å². The van der Waals surface area contributed by atoms with Crippen LogP contribution < -0.4 is 10.6 Å². The molecular weight excluding hydrogens is 520 g/mol. The van der Waals surface area contributed by atoms with Crippen molar-refractivity contribution in [2.75, 3.05) is 28.7 Å². The van der Waals surface area contributed by atoms with Crippen LogP contribution in [-0.4, -0.2) is 52.3 Å². The molecule has 5 aromatic rings. The van der Waals surface area contributed by atoms with E-state index in [4.69, 9.17) is 0 Å². The van der Waals surface area contributed by atoms with E-state index in [2.05, 4.69) is 30.6 Å². The van der Waals surface area contributed by atoms with Crippen molar-refractivity contribution in [1.82, 2.24) is 19.9 Å². The van der Waals surface area contributed by atoms with Crippen LogP contribution in [0.1, 0.15) is 17.4 Å². The number of sulfone groups is 1. The highest BCUT2D eigenvalue weighted by Crippen LogP contribution is 2.33. The van der Waals surface area contributed by atoms with Gasteiger partial charge in [0, 0.05) is 35.7 Å². The van der Waals surface area contributed by atoms with Crippen molar-refractivity contribution in [3.63, 3.8) is 0 Å². The van der Waals surface area contributed by atoms with Gasteiger partial charge in [-0.25, -0.2) is 28.4 Å². The second-order valence-corrected chi connectivity index (χ2v) is 11.8. The summed E-state index contributed by atoms with van der Waals surface area (Å²) >= 11 is 1.44. The summed E-state index contributed by atoms with van der Waals surface area (Å²) in [5, 5.41) is 6.73. The summed E-state index contributed by atoms with van der Waals surface area (Å²) in [5.41, 5.74) is 3.01. The summed E-state index contributed by atoms with van der Waals surface area (Å²) < 4.78 is 23.8. The van der Waals surface area contributed by atoms with Crippen LogP contribution in [0, 0.1) is 0 Å². The molecule has 38 heavy (non-hydrogen) atoms. The number of carbonyl (C=O) groups is 1. The molecule has 3 heterocycles. The van der Waals surface area contributed by atoms with Gasteiger partial charge in [0.15, 0.2) is 15.7 Å². The zero-order valence-electron chi connectivity index (χ0n) is 20.5. The molecule has 5 rings (SSSR count). The number of anilines is 2. The molecule has 0 saturated carbocycles. The Morgan fingerprint density at radius 3 is 2.53 bits per heavy atom. The highest BCUT2D eigenvalue weighted by atomic mass is 32.2. The van der Waals surface area contributed by atoms with Crippen molar-refractivity contribution < 1.29 is 13.2 Å². The number of pyridine rings is 1. The molecule has 9 nitrogen and oxygen atoms in total. The summed E-state index contributed by atoms with van der Waals surface area (Å²) in [4.78, 5) is 32.3. The number of aromatic nitrogens is 4. The molecule has 11 heteroatoms. The quantitative estimate of drug-likeness (QED) is 0.268. The number of rotatable bonds is 9. The Morgan fingerprint density at radius 2 is 1.74 bits per heavy atom. The van der Waals surface area contributed by atoms with E-state index in [1.807, 2.05) is 60.7 Å². The molecule has 0 spiro atoms. The minimum Gasteiger partial charge on any atom is -0.369 e. The molecule has 0 atom stereocenters. The third-order valence-corrected chi connectivity index (χ3v) is 8.44. The van der Waals surface area contributed by atoms with Gasteiger partial charge in [-0.15, -0.1) is 0 Å². The second kappa shape index (κ2) is 11.0. The van der Waals surface area contributed by atoms with Gasteiger partial charge in [0.2, 0.25) is 0 Å². The summed E-state index contributed by atoms with van der Waals surface area (Å²) in [6, 6.07) is 22.0. The Balaban J connectivity index is 1.45. The Morgan fingerprint density at radius 1 is 0.947 bits per heavy atom. The SMILES string of the molecule is CCS(=O)(=O)CCNc1cc(C(=O)Nc2ccccc2-c2nc3cccnc3s2)nc(-c2ccccc2)n1. The molecule has 1 amide bonds. The van der Waals surface area contributed by atoms with E-state index in [-0.39, 0.29) is 23.7 Å². The fourth-order valence-electron chi connectivity index (χ4n) is 3.70. The minimum atomic E-state index is -3.15. The molecule has 0 aliphatic rings. The zero-order chi connectivity index (χ0) is 26.5. The Kier molecular flexibility index (Phi) is 7.38. The van der Waals surface area contributed by atoms with Crippen molar-refractivity contribution in [3.05, 3.63) is 84.7 Å². The first-order valence-corrected chi connectivity index (χ1v) is 14.6. The average Bonchev–Trinajstić information content (AvgIpc) is 3.38. The predicted molar refractivity (Wildman–Crippen MR) is 151 cm³/mol. The summed E-state index contributed by atoms with van der Waals surface area (Å²) in [5.74, 6) is 0.303. The fraction of sp³-hybridized carbons (Fsp3) is 0.148. The van der Waals surface area contributed by atoms with E-state index in [0.717, 1.165) is 26.5 Å². The summed E-state index contributed by atoms with van der Waals surface area (Å²) in [6.45, 7) is 1.77. The van der Waals surface area contributed by atoms with Crippen LogP contribution in [-0.2, 0) is 9.84 Å². The summed E-state index contributed by atoms with van der Waals surface area (Å²) in [6.07, 6.45) is 1.72. The number of carbonyl (C=O) groups excluding carboxylic acids is 1. The number of hydrogen-bond donors (Lipinski definition) is 2. The number of para-hydroxylation sites is 1. The lowest BCUT2D eigenvalue weighted by atomic mass is 10.1. The molecule has 192 valence electrons. The van der Waals surface area contributed by atoms with Crippen LogP contribution in [0.2, 0.25) is 0 Å². The smallest absolute Gasteiger partial charge is 0.274 e. The van der Waals surface area contributed by atoms with Gasteiger partial charge in [-0.3, -0.25) is 4.79 Å². The fourth-order valence-corrected chi connectivity index (χ4v) is 5.35. The van der Waals surface area contributed by atoms with Crippen molar-refractivity contribution in [2.24, 2.45) is 0 Å². The van der Waals surface area contributed by atoms with Crippen LogP contribution in [0.25, 0.3) is 32.3 Å². The van der Waals surface area contributed by atoms with Gasteiger partial charge in [-0.2, -0.15) is 0 Å². The number of nitrogens with one attached hydrogen (secondary N) is 2. The maximum absolute atomic E-state index is 13.4. The monoisotopic (exact) mass is 544 g/mol. The highest BCUT2D eigenvalue weighted by molar-refractivity contribution is 7.91. The molecule has 0 fully saturated rings. The van der Waals surface area contributed by atoms with Crippen molar-refractivity contribution >= 4 is 48.9 Å². The van der Waals surface area contributed by atoms with Gasteiger partial charge in [-0.05, 0) is 24.3 Å². The number of fused-ring (bicyclic) bond motifs is 1. The Hall–Kier alpha value is -4.22. The van der Waals surface area contributed by atoms with Crippen molar-refractivity contribution in [3.8, 4) is 22.0 Å². The first kappa shape index (κ1) is 25.4. The normalized spacial score (nSPS) is 11.4. The summed E-state index contributed by atoms with van der Waals surface area (Å²) in [7, 11) is -3.15. The molecule has 0 bridgehead atoms. The molecule has 2 N–H and O–H groups in total. The van der Waals surface area contributed by atoms with E-state index in [1.54, 1.807) is 19.2 Å². The topological polar surface area (TPSA) is 127 Å². The Bertz CT molecular complexity index is 1670. The molecule has 0 aliphatic heterocycles. The number of benzene rings is 2. The number of thiazole rings is 1. The van der Waals surface area contributed by atoms with Crippen LogP contribution in [0.4, 0.5) is 11.5 Å². The van der Waals surface area contributed by atoms with Crippen LogP contribution in [0.5, 0.6) is 0 Å². The van der Waals surface area contributed by atoms with Crippen molar-refractivity contribution in [1.29, 1.82) is 0 Å². The minimum absolute atomic E-state index is 0.0416. The second-order valence-electron chi connectivity index (χ2n) is 8.34. The standard InChI is InChI=1S/C27H24N6O3S2/c1-2-38(35,36)16-15-28-23-17-22(30-24(33-23)18-9-4-3-5-10-18)25(34)31-20-12-7-6-11-19(20)26-32-21-13-8-14-29-27(21)37-26/h3-14,17H,2,15-16H2,1H3,(H,31,34)(H,28,30,33). The molecule has 0 unspecified atom stereocenters. The zero-order valence-corrected chi connectivity index (χ0v) is 22.1. The van der Waals surface area contributed by atoms with Crippen LogP contribution >= 0.6 is 11.3 Å². The van der Waals surface area contributed by atoms with Crippen molar-refractivity contribution in [2.45, 2.75) is 6.92 Å². The molecule has 0 radical (unpaired) electrons. The van der Waals surface area contributed by atoms with E-state index in [9.17, 15) is 13.2 Å². The predicted octanol–water partition coefficient (Wildman–Crippen LogP) is 4.91. The lowest BCUT2D eigenvalue weighted by Crippen LogP contribution is -2.19. The molecular formula is C27H24N6O3S2. The third-order valence-electron chi connectivity index (χ3n) is 5.72. The molecule has 0 saturated heterocycles. The lowest BCUT2D eigenvalue weighted by Gasteiger charge is -2.12. The molecule has 2 aromatic carbocycles. The number of hydrogen-bond acceptors (Lipinski definition) is 9. The van der Waals surface area contributed by atoms with Gasteiger partial charge in [-0.1, -0.05) is 60.7 Å². The lowest BCUT2D eigenvalue weighted by molar-refractivity contribution is 0.102. The van der Waals surface area contributed by atoms with Crippen LogP contribution in [0.15, 0.2) is 79.0 Å². The first-order chi connectivity index (χ1) is 18.4.